The minimum atomic E-state index is -4.02. The van der Waals surface area contributed by atoms with Crippen molar-refractivity contribution in [1.29, 1.82) is 0 Å². The fraction of sp³-hybridized carbons (Fsp3) is 0.278. The third kappa shape index (κ3) is 5.66. The lowest BCUT2D eigenvalue weighted by molar-refractivity contribution is 0.0796. The van der Waals surface area contributed by atoms with E-state index in [4.69, 9.17) is 0 Å². The van der Waals surface area contributed by atoms with Crippen LogP contribution in [0.5, 0.6) is 0 Å². The van der Waals surface area contributed by atoms with Gasteiger partial charge >= 0.3 is 0 Å². The zero-order valence-electron chi connectivity index (χ0n) is 15.3. The molecule has 0 saturated heterocycles. The Balaban J connectivity index is 0.00000364. The van der Waals surface area contributed by atoms with Gasteiger partial charge in [-0.3, -0.25) is 9.52 Å². The third-order valence-electron chi connectivity index (χ3n) is 3.91. The molecule has 2 aromatic rings. The minimum Gasteiger partial charge on any atom is -0.340 e. The van der Waals surface area contributed by atoms with Crippen LogP contribution in [-0.4, -0.2) is 46.4 Å². The van der Waals surface area contributed by atoms with Gasteiger partial charge in [0.2, 0.25) is 0 Å². The van der Waals surface area contributed by atoms with Crippen LogP contribution in [0.2, 0.25) is 0 Å². The summed E-state index contributed by atoms with van der Waals surface area (Å²) in [6, 6.07) is 9.77. The Morgan fingerprint density at radius 2 is 1.85 bits per heavy atom. The van der Waals surface area contributed by atoms with Gasteiger partial charge in [0.25, 0.3) is 15.9 Å². The monoisotopic (exact) mass is 415 g/mol. The summed E-state index contributed by atoms with van der Waals surface area (Å²) in [6.07, 6.45) is 0. The van der Waals surface area contributed by atoms with Crippen LogP contribution in [-0.2, 0) is 10.0 Å². The van der Waals surface area contributed by atoms with Crippen molar-refractivity contribution >= 4 is 34.0 Å². The summed E-state index contributed by atoms with van der Waals surface area (Å²) < 4.78 is 41.1. The first-order valence-electron chi connectivity index (χ1n) is 8.04. The Kier molecular flexibility index (Phi) is 8.20. The molecule has 1 amide bonds. The normalized spacial score (nSPS) is 10.8. The number of anilines is 1. The molecule has 0 bridgehead atoms. The van der Waals surface area contributed by atoms with Crippen molar-refractivity contribution in [1.82, 2.24) is 10.2 Å². The lowest BCUT2D eigenvalue weighted by Gasteiger charge is -2.19. The molecule has 6 nitrogen and oxygen atoms in total. The summed E-state index contributed by atoms with van der Waals surface area (Å²) in [5, 5.41) is 2.95. The zero-order valence-corrected chi connectivity index (χ0v) is 17.0. The molecule has 0 spiro atoms. The van der Waals surface area contributed by atoms with Gasteiger partial charge in [0.05, 0.1) is 10.6 Å². The van der Waals surface area contributed by atoms with E-state index in [1.165, 1.54) is 41.3 Å². The Labute approximate surface area is 165 Å². The number of rotatable bonds is 7. The van der Waals surface area contributed by atoms with Gasteiger partial charge in [0.1, 0.15) is 5.82 Å². The highest BCUT2D eigenvalue weighted by atomic mass is 35.5. The number of sulfonamides is 1. The van der Waals surface area contributed by atoms with Crippen molar-refractivity contribution in [3.63, 3.8) is 0 Å². The fourth-order valence-electron chi connectivity index (χ4n) is 2.33. The lowest BCUT2D eigenvalue weighted by atomic mass is 10.1. The third-order valence-corrected chi connectivity index (χ3v) is 5.28. The summed E-state index contributed by atoms with van der Waals surface area (Å²) in [4.78, 5) is 14.0. The molecule has 0 fully saturated rings. The van der Waals surface area contributed by atoms with Crippen LogP contribution in [0.4, 0.5) is 10.1 Å². The summed E-state index contributed by atoms with van der Waals surface area (Å²) in [6.45, 7) is 2.84. The first kappa shape index (κ1) is 22.9. The van der Waals surface area contributed by atoms with E-state index >= 15 is 0 Å². The zero-order chi connectivity index (χ0) is 19.3. The number of halogens is 2. The first-order valence-corrected chi connectivity index (χ1v) is 9.52. The van der Waals surface area contributed by atoms with Crippen molar-refractivity contribution in [3.05, 3.63) is 59.4 Å². The molecular formula is C18H23ClFN3O3S. The summed E-state index contributed by atoms with van der Waals surface area (Å²) in [7, 11) is -0.591. The highest BCUT2D eigenvalue weighted by molar-refractivity contribution is 7.92. The minimum absolute atomic E-state index is 0. The Bertz CT molecular complexity index is 906. The van der Waals surface area contributed by atoms with Gasteiger partial charge in [-0.2, -0.15) is 0 Å². The molecule has 9 heteroatoms. The Morgan fingerprint density at radius 1 is 1.19 bits per heavy atom. The SMILES string of the molecule is CNCCN(C)C(=O)c1cc(S(=O)(=O)Nc2ccccc2F)ccc1C.Cl. The van der Waals surface area contributed by atoms with E-state index in [2.05, 4.69) is 10.0 Å². The summed E-state index contributed by atoms with van der Waals surface area (Å²) in [5.41, 5.74) is 0.809. The smallest absolute Gasteiger partial charge is 0.262 e. The van der Waals surface area contributed by atoms with Crippen LogP contribution in [0.15, 0.2) is 47.4 Å². The molecule has 2 N–H and O–H groups in total. The van der Waals surface area contributed by atoms with Gasteiger partial charge in [-0.15, -0.1) is 12.4 Å². The number of carbonyl (C=O) groups is 1. The Hall–Kier alpha value is -2.16. The number of nitrogens with zero attached hydrogens (tertiary/aromatic N) is 1. The van der Waals surface area contributed by atoms with Gasteiger partial charge in [0.15, 0.2) is 0 Å². The first-order chi connectivity index (χ1) is 12.3. The van der Waals surface area contributed by atoms with Crippen molar-refractivity contribution in [3.8, 4) is 0 Å². The summed E-state index contributed by atoms with van der Waals surface area (Å²) >= 11 is 0. The van der Waals surface area contributed by atoms with Crippen molar-refractivity contribution in [2.24, 2.45) is 0 Å². The van der Waals surface area contributed by atoms with Gasteiger partial charge in [-0.25, -0.2) is 12.8 Å². The van der Waals surface area contributed by atoms with Gasteiger partial charge in [-0.05, 0) is 43.8 Å². The number of nitrogens with one attached hydrogen (secondary N) is 2. The van der Waals surface area contributed by atoms with E-state index < -0.39 is 15.8 Å². The lowest BCUT2D eigenvalue weighted by Crippen LogP contribution is -2.33. The molecular weight excluding hydrogens is 393 g/mol. The number of benzene rings is 2. The highest BCUT2D eigenvalue weighted by Crippen LogP contribution is 2.21. The molecule has 0 unspecified atom stereocenters. The molecule has 0 saturated carbocycles. The number of aryl methyl sites for hydroxylation is 1. The second kappa shape index (κ2) is 9.68. The average Bonchev–Trinajstić information content (AvgIpc) is 2.61. The molecule has 0 aliphatic heterocycles. The van der Waals surface area contributed by atoms with Gasteiger partial charge < -0.3 is 10.2 Å². The van der Waals surface area contributed by atoms with E-state index in [0.717, 1.165) is 0 Å². The van der Waals surface area contributed by atoms with Crippen LogP contribution in [0.3, 0.4) is 0 Å². The number of hydrogen-bond acceptors (Lipinski definition) is 4. The quantitative estimate of drug-likeness (QED) is 0.728. The second-order valence-corrected chi connectivity index (χ2v) is 7.57. The fourth-order valence-corrected chi connectivity index (χ4v) is 3.43. The molecule has 0 heterocycles. The van der Waals surface area contributed by atoms with Crippen molar-refractivity contribution < 1.29 is 17.6 Å². The number of carbonyl (C=O) groups excluding carboxylic acids is 1. The highest BCUT2D eigenvalue weighted by Gasteiger charge is 2.21. The maximum absolute atomic E-state index is 13.7. The van der Waals surface area contributed by atoms with Crippen molar-refractivity contribution in [2.75, 3.05) is 31.9 Å². The van der Waals surface area contributed by atoms with Crippen molar-refractivity contribution in [2.45, 2.75) is 11.8 Å². The topological polar surface area (TPSA) is 78.5 Å². The van der Waals surface area contributed by atoms with E-state index in [9.17, 15) is 17.6 Å². The number of amides is 1. The average molecular weight is 416 g/mol. The molecule has 0 atom stereocenters. The van der Waals surface area contributed by atoms with Crippen LogP contribution in [0, 0.1) is 12.7 Å². The van der Waals surface area contributed by atoms with Crippen LogP contribution in [0.25, 0.3) is 0 Å². The van der Waals surface area contributed by atoms with Gasteiger partial charge in [0, 0.05) is 25.7 Å². The standard InChI is InChI=1S/C18H22FN3O3S.ClH/c1-13-8-9-14(12-15(13)18(23)22(3)11-10-20-2)26(24,25)21-17-7-5-4-6-16(17)19;/h4-9,12,20-21H,10-11H2,1-3H3;1H. The Morgan fingerprint density at radius 3 is 2.48 bits per heavy atom. The number of hydrogen-bond donors (Lipinski definition) is 2. The van der Waals surface area contributed by atoms with E-state index in [1.807, 2.05) is 0 Å². The predicted octanol–water partition coefficient (Wildman–Crippen LogP) is 2.65. The predicted molar refractivity (Wildman–Crippen MR) is 107 cm³/mol. The molecule has 0 aliphatic carbocycles. The molecule has 148 valence electrons. The van der Waals surface area contributed by atoms with Crippen LogP contribution in [0.1, 0.15) is 15.9 Å². The molecule has 0 radical (unpaired) electrons. The molecule has 2 aromatic carbocycles. The molecule has 2 rings (SSSR count). The largest absolute Gasteiger partial charge is 0.340 e. The summed E-state index contributed by atoms with van der Waals surface area (Å²) in [5.74, 6) is -0.952. The van der Waals surface area contributed by atoms with Crippen LogP contribution < -0.4 is 10.0 Å². The molecule has 27 heavy (non-hydrogen) atoms. The maximum Gasteiger partial charge on any atom is 0.262 e. The number of likely N-dealkylation sites (N-methyl/N-ethyl adjacent to an activating group) is 2. The second-order valence-electron chi connectivity index (χ2n) is 5.89. The molecule has 0 aromatic heterocycles. The maximum atomic E-state index is 13.7. The van der Waals surface area contributed by atoms with E-state index in [-0.39, 0.29) is 28.9 Å². The van der Waals surface area contributed by atoms with E-state index in [1.54, 1.807) is 27.1 Å². The van der Waals surface area contributed by atoms with E-state index in [0.29, 0.717) is 24.2 Å². The van der Waals surface area contributed by atoms with Crippen LogP contribution >= 0.6 is 12.4 Å². The van der Waals surface area contributed by atoms with Gasteiger partial charge in [-0.1, -0.05) is 18.2 Å². The molecule has 0 aliphatic rings. The number of para-hydroxylation sites is 1.